The largest absolute Gasteiger partial charge is 0.392 e. The van der Waals surface area contributed by atoms with Crippen LogP contribution in [0.15, 0.2) is 30.5 Å². The van der Waals surface area contributed by atoms with Crippen LogP contribution in [-0.2, 0) is 6.61 Å². The van der Waals surface area contributed by atoms with E-state index in [9.17, 15) is 5.11 Å². The number of aromatic nitrogens is 1. The predicted molar refractivity (Wildman–Crippen MR) is 86.4 cm³/mol. The fourth-order valence-electron chi connectivity index (χ4n) is 2.82. The highest BCUT2D eigenvalue weighted by atomic mass is 32.2. The molecule has 0 radical (unpaired) electrons. The van der Waals surface area contributed by atoms with E-state index in [4.69, 9.17) is 0 Å². The zero-order valence-corrected chi connectivity index (χ0v) is 12.7. The Labute approximate surface area is 124 Å². The molecule has 1 fully saturated rings. The fraction of sp³-hybridized carbons (Fsp3) is 0.438. The highest BCUT2D eigenvalue weighted by Gasteiger charge is 2.27. The van der Waals surface area contributed by atoms with Crippen molar-refractivity contribution in [3.63, 3.8) is 0 Å². The van der Waals surface area contributed by atoms with Crippen molar-refractivity contribution in [2.45, 2.75) is 31.7 Å². The summed E-state index contributed by atoms with van der Waals surface area (Å²) in [5.74, 6) is 2.20. The summed E-state index contributed by atoms with van der Waals surface area (Å²) in [5.41, 5.74) is 0.899. The second-order valence-electron chi connectivity index (χ2n) is 5.32. The Bertz CT molecular complexity index is 616. The van der Waals surface area contributed by atoms with Crippen LogP contribution in [0, 0.1) is 0 Å². The van der Waals surface area contributed by atoms with E-state index in [0.29, 0.717) is 11.3 Å². The molecular formula is C16H20N2OS. The minimum Gasteiger partial charge on any atom is -0.392 e. The van der Waals surface area contributed by atoms with E-state index in [-0.39, 0.29) is 6.61 Å². The van der Waals surface area contributed by atoms with Gasteiger partial charge in [-0.05, 0) is 12.3 Å². The summed E-state index contributed by atoms with van der Waals surface area (Å²) in [6, 6.07) is 8.71. The molecule has 0 amide bonds. The quantitative estimate of drug-likeness (QED) is 0.921. The van der Waals surface area contributed by atoms with Crippen LogP contribution in [0.2, 0.25) is 0 Å². The predicted octanol–water partition coefficient (Wildman–Crippen LogP) is 3.06. The Balaban J connectivity index is 2.12. The lowest BCUT2D eigenvalue weighted by molar-refractivity contribution is 0.283. The third kappa shape index (κ3) is 2.27. The van der Waals surface area contributed by atoms with Crippen molar-refractivity contribution in [2.24, 2.45) is 0 Å². The minimum absolute atomic E-state index is 0.0373. The van der Waals surface area contributed by atoms with Gasteiger partial charge in [0.25, 0.3) is 0 Å². The number of pyridine rings is 1. The number of fused-ring (bicyclic) bond motifs is 1. The van der Waals surface area contributed by atoms with E-state index in [0.717, 1.165) is 34.5 Å². The highest BCUT2D eigenvalue weighted by molar-refractivity contribution is 8.00. The van der Waals surface area contributed by atoms with Crippen molar-refractivity contribution in [2.75, 3.05) is 17.2 Å². The molecule has 106 valence electrons. The monoisotopic (exact) mass is 288 g/mol. The zero-order chi connectivity index (χ0) is 14.1. The Morgan fingerprint density at radius 3 is 2.80 bits per heavy atom. The highest BCUT2D eigenvalue weighted by Crippen LogP contribution is 2.33. The molecule has 20 heavy (non-hydrogen) atoms. The van der Waals surface area contributed by atoms with E-state index in [1.54, 1.807) is 0 Å². The molecule has 0 aliphatic carbocycles. The first kappa shape index (κ1) is 13.7. The van der Waals surface area contributed by atoms with Gasteiger partial charge in [-0.2, -0.15) is 11.8 Å². The standard InChI is InChI=1S/C16H20N2OS/c1-11-12(2)20-8-7-18(11)16-15-6-4-3-5-14(15)13(10-19)9-17-16/h3-6,9,11-12,19H,7-8,10H2,1-2H3. The zero-order valence-electron chi connectivity index (χ0n) is 11.9. The molecule has 2 unspecified atom stereocenters. The van der Waals surface area contributed by atoms with Crippen LogP contribution in [0.1, 0.15) is 19.4 Å². The van der Waals surface area contributed by atoms with Crippen molar-refractivity contribution in [3.05, 3.63) is 36.0 Å². The topological polar surface area (TPSA) is 36.4 Å². The van der Waals surface area contributed by atoms with Crippen molar-refractivity contribution >= 4 is 28.4 Å². The third-order valence-electron chi connectivity index (χ3n) is 4.18. The molecule has 1 aliphatic heterocycles. The van der Waals surface area contributed by atoms with Gasteiger partial charge in [-0.3, -0.25) is 0 Å². The minimum atomic E-state index is 0.0373. The van der Waals surface area contributed by atoms with Gasteiger partial charge in [0.1, 0.15) is 5.82 Å². The van der Waals surface area contributed by atoms with E-state index in [2.05, 4.69) is 35.9 Å². The average Bonchev–Trinajstić information content (AvgIpc) is 2.49. The number of rotatable bonds is 2. The third-order valence-corrected chi connectivity index (χ3v) is 5.52. The van der Waals surface area contributed by atoms with Gasteiger partial charge in [-0.1, -0.05) is 31.2 Å². The first-order valence-electron chi connectivity index (χ1n) is 7.08. The van der Waals surface area contributed by atoms with Gasteiger partial charge in [-0.15, -0.1) is 0 Å². The molecule has 4 heteroatoms. The summed E-state index contributed by atoms with van der Waals surface area (Å²) in [4.78, 5) is 7.05. The van der Waals surface area contributed by atoms with Crippen LogP contribution >= 0.6 is 11.8 Å². The Morgan fingerprint density at radius 2 is 2.05 bits per heavy atom. The SMILES string of the molecule is CC1SCCN(c2ncc(CO)c3ccccc23)C1C. The molecule has 0 spiro atoms. The van der Waals surface area contributed by atoms with Gasteiger partial charge in [-0.25, -0.2) is 4.98 Å². The number of hydrogen-bond donors (Lipinski definition) is 1. The molecule has 1 aromatic carbocycles. The molecule has 3 rings (SSSR count). The number of aliphatic hydroxyl groups excluding tert-OH is 1. The summed E-state index contributed by atoms with van der Waals surface area (Å²) >= 11 is 2.03. The summed E-state index contributed by atoms with van der Waals surface area (Å²) < 4.78 is 0. The summed E-state index contributed by atoms with van der Waals surface area (Å²) in [5, 5.41) is 12.3. The number of aliphatic hydroxyl groups is 1. The van der Waals surface area contributed by atoms with Crippen molar-refractivity contribution in [1.29, 1.82) is 0 Å². The van der Waals surface area contributed by atoms with Gasteiger partial charge in [0.2, 0.25) is 0 Å². The smallest absolute Gasteiger partial charge is 0.136 e. The molecule has 1 saturated heterocycles. The first-order chi connectivity index (χ1) is 9.72. The molecule has 3 nitrogen and oxygen atoms in total. The lowest BCUT2D eigenvalue weighted by atomic mass is 10.1. The van der Waals surface area contributed by atoms with Crippen LogP contribution < -0.4 is 4.90 Å². The van der Waals surface area contributed by atoms with Gasteiger partial charge in [0.15, 0.2) is 0 Å². The van der Waals surface area contributed by atoms with Gasteiger partial charge in [0.05, 0.1) is 6.61 Å². The molecule has 2 aromatic rings. The second kappa shape index (κ2) is 5.62. The maximum Gasteiger partial charge on any atom is 0.136 e. The van der Waals surface area contributed by atoms with Crippen molar-refractivity contribution in [1.82, 2.24) is 4.98 Å². The van der Waals surface area contributed by atoms with Gasteiger partial charge < -0.3 is 10.0 Å². The lowest BCUT2D eigenvalue weighted by Crippen LogP contribution is -2.45. The normalized spacial score (nSPS) is 23.2. The maximum absolute atomic E-state index is 9.47. The number of thioether (sulfide) groups is 1. The second-order valence-corrected chi connectivity index (χ2v) is 6.81. The average molecular weight is 288 g/mol. The number of nitrogens with zero attached hydrogens (tertiary/aromatic N) is 2. The van der Waals surface area contributed by atoms with Crippen LogP contribution in [-0.4, -0.2) is 33.7 Å². The Kier molecular flexibility index (Phi) is 3.85. The summed E-state index contributed by atoms with van der Waals surface area (Å²) in [7, 11) is 0. The number of hydrogen-bond acceptors (Lipinski definition) is 4. The van der Waals surface area contributed by atoms with E-state index in [1.165, 1.54) is 0 Å². The van der Waals surface area contributed by atoms with Crippen molar-refractivity contribution in [3.8, 4) is 0 Å². The summed E-state index contributed by atoms with van der Waals surface area (Å²) in [6.45, 7) is 5.63. The van der Waals surface area contributed by atoms with E-state index in [1.807, 2.05) is 30.1 Å². The van der Waals surface area contributed by atoms with Gasteiger partial charge in [0, 0.05) is 40.7 Å². The molecule has 2 heterocycles. The molecule has 1 N–H and O–H groups in total. The lowest BCUT2D eigenvalue weighted by Gasteiger charge is -2.39. The van der Waals surface area contributed by atoms with Crippen LogP contribution in [0.4, 0.5) is 5.82 Å². The molecule has 1 aromatic heterocycles. The van der Waals surface area contributed by atoms with Crippen LogP contribution in [0.5, 0.6) is 0 Å². The van der Waals surface area contributed by atoms with Crippen LogP contribution in [0.3, 0.4) is 0 Å². The van der Waals surface area contributed by atoms with Crippen molar-refractivity contribution < 1.29 is 5.11 Å². The maximum atomic E-state index is 9.47. The summed E-state index contributed by atoms with van der Waals surface area (Å²) in [6.07, 6.45) is 1.82. The number of benzene rings is 1. The Morgan fingerprint density at radius 1 is 1.30 bits per heavy atom. The van der Waals surface area contributed by atoms with E-state index >= 15 is 0 Å². The molecule has 2 atom stereocenters. The van der Waals surface area contributed by atoms with E-state index < -0.39 is 0 Å². The molecular weight excluding hydrogens is 268 g/mol. The fourth-order valence-corrected chi connectivity index (χ4v) is 3.92. The first-order valence-corrected chi connectivity index (χ1v) is 8.13. The number of anilines is 1. The van der Waals surface area contributed by atoms with Crippen LogP contribution in [0.25, 0.3) is 10.8 Å². The Hall–Kier alpha value is -1.26. The molecule has 0 saturated carbocycles. The van der Waals surface area contributed by atoms with Gasteiger partial charge >= 0.3 is 0 Å². The molecule has 0 bridgehead atoms. The molecule has 1 aliphatic rings.